The number of fused-ring (bicyclic) bond motifs is 2. The SMILES string of the molecule is CC(C)(C1C=C2CCCCCC2=C1)C1C=C2CCCCC2=C1. The molecule has 0 aliphatic heterocycles. The Kier molecular flexibility index (Phi) is 3.67. The van der Waals surface area contributed by atoms with Gasteiger partial charge in [0.15, 0.2) is 0 Å². The van der Waals surface area contributed by atoms with Gasteiger partial charge in [-0.2, -0.15) is 0 Å². The number of hydrogen-bond donors (Lipinski definition) is 0. The maximum absolute atomic E-state index is 2.62. The first kappa shape index (κ1) is 14.5. The van der Waals surface area contributed by atoms with Crippen LogP contribution in [0, 0.1) is 17.3 Å². The average molecular weight is 294 g/mol. The third kappa shape index (κ3) is 2.45. The van der Waals surface area contributed by atoms with Crippen molar-refractivity contribution in [3.63, 3.8) is 0 Å². The summed E-state index contributed by atoms with van der Waals surface area (Å²) in [5.41, 5.74) is 7.05. The second kappa shape index (κ2) is 5.55. The summed E-state index contributed by atoms with van der Waals surface area (Å²) < 4.78 is 0. The van der Waals surface area contributed by atoms with Crippen LogP contribution in [0.1, 0.15) is 71.6 Å². The fraction of sp³-hybridized carbons (Fsp3) is 0.636. The molecule has 0 saturated heterocycles. The maximum Gasteiger partial charge on any atom is 0.00182 e. The molecule has 0 unspecified atom stereocenters. The number of allylic oxidation sites excluding steroid dienone is 8. The van der Waals surface area contributed by atoms with Crippen molar-refractivity contribution in [1.29, 1.82) is 0 Å². The zero-order valence-corrected chi connectivity index (χ0v) is 14.3. The van der Waals surface area contributed by atoms with Crippen LogP contribution in [0.15, 0.2) is 46.6 Å². The van der Waals surface area contributed by atoms with Gasteiger partial charge in [0.25, 0.3) is 0 Å². The molecule has 2 saturated carbocycles. The molecule has 0 amide bonds. The molecule has 2 fully saturated rings. The third-order valence-electron chi connectivity index (χ3n) is 6.60. The van der Waals surface area contributed by atoms with E-state index in [0.717, 1.165) is 0 Å². The molecule has 0 aromatic carbocycles. The zero-order valence-electron chi connectivity index (χ0n) is 14.3. The molecule has 0 nitrogen and oxygen atoms in total. The highest BCUT2D eigenvalue weighted by molar-refractivity contribution is 5.44. The van der Waals surface area contributed by atoms with Crippen LogP contribution in [0.25, 0.3) is 0 Å². The van der Waals surface area contributed by atoms with Crippen molar-refractivity contribution in [2.24, 2.45) is 17.3 Å². The second-order valence-electron chi connectivity index (χ2n) is 8.41. The van der Waals surface area contributed by atoms with Crippen molar-refractivity contribution in [2.75, 3.05) is 0 Å². The summed E-state index contributed by atoms with van der Waals surface area (Å²) in [4.78, 5) is 0. The molecular formula is C22H30. The van der Waals surface area contributed by atoms with E-state index in [2.05, 4.69) is 38.2 Å². The molecule has 0 radical (unpaired) electrons. The molecule has 0 bridgehead atoms. The highest BCUT2D eigenvalue weighted by atomic mass is 14.4. The summed E-state index contributed by atoms with van der Waals surface area (Å²) in [6.07, 6.45) is 22.8. The van der Waals surface area contributed by atoms with Crippen LogP contribution in [0.5, 0.6) is 0 Å². The summed E-state index contributed by atoms with van der Waals surface area (Å²) in [5.74, 6) is 1.27. The average Bonchev–Trinajstić information content (AvgIpc) is 3.07. The van der Waals surface area contributed by atoms with E-state index in [1.165, 1.54) is 57.8 Å². The van der Waals surface area contributed by atoms with E-state index in [1.807, 2.05) is 0 Å². The summed E-state index contributed by atoms with van der Waals surface area (Å²) in [7, 11) is 0. The molecule has 0 spiro atoms. The molecule has 118 valence electrons. The summed E-state index contributed by atoms with van der Waals surface area (Å²) >= 11 is 0. The van der Waals surface area contributed by atoms with E-state index in [4.69, 9.17) is 0 Å². The first-order valence-corrected chi connectivity index (χ1v) is 9.48. The van der Waals surface area contributed by atoms with Gasteiger partial charge >= 0.3 is 0 Å². The van der Waals surface area contributed by atoms with E-state index >= 15 is 0 Å². The van der Waals surface area contributed by atoms with Crippen molar-refractivity contribution < 1.29 is 0 Å². The molecule has 0 heterocycles. The van der Waals surface area contributed by atoms with Crippen molar-refractivity contribution in [2.45, 2.75) is 71.6 Å². The van der Waals surface area contributed by atoms with Gasteiger partial charge in [-0.15, -0.1) is 0 Å². The van der Waals surface area contributed by atoms with Gasteiger partial charge in [-0.1, -0.05) is 44.6 Å². The Balaban J connectivity index is 1.59. The van der Waals surface area contributed by atoms with E-state index in [0.29, 0.717) is 17.3 Å². The van der Waals surface area contributed by atoms with Gasteiger partial charge in [0.1, 0.15) is 0 Å². The summed E-state index contributed by atoms with van der Waals surface area (Å²) in [6, 6.07) is 0. The lowest BCUT2D eigenvalue weighted by molar-refractivity contribution is 0.251. The number of rotatable bonds is 2. The topological polar surface area (TPSA) is 0 Å². The van der Waals surface area contributed by atoms with Crippen LogP contribution >= 0.6 is 0 Å². The molecule has 0 aromatic rings. The van der Waals surface area contributed by atoms with Crippen LogP contribution in [-0.2, 0) is 0 Å². The van der Waals surface area contributed by atoms with Gasteiger partial charge in [-0.3, -0.25) is 0 Å². The number of hydrogen-bond acceptors (Lipinski definition) is 0. The minimum Gasteiger partial charge on any atom is -0.0736 e. The third-order valence-corrected chi connectivity index (χ3v) is 6.60. The van der Waals surface area contributed by atoms with E-state index < -0.39 is 0 Å². The van der Waals surface area contributed by atoms with Gasteiger partial charge in [-0.05, 0) is 79.1 Å². The summed E-state index contributed by atoms with van der Waals surface area (Å²) in [5, 5.41) is 0. The van der Waals surface area contributed by atoms with Gasteiger partial charge in [-0.25, -0.2) is 0 Å². The minimum atomic E-state index is 0.323. The molecule has 0 atom stereocenters. The second-order valence-corrected chi connectivity index (χ2v) is 8.41. The summed E-state index contributed by atoms with van der Waals surface area (Å²) in [6.45, 7) is 4.99. The fourth-order valence-corrected chi connectivity index (χ4v) is 4.89. The van der Waals surface area contributed by atoms with E-state index in [9.17, 15) is 0 Å². The first-order chi connectivity index (χ1) is 10.6. The van der Waals surface area contributed by atoms with Crippen molar-refractivity contribution in [3.05, 3.63) is 46.6 Å². The maximum atomic E-state index is 2.62. The Hall–Kier alpha value is -1.04. The van der Waals surface area contributed by atoms with E-state index in [1.54, 1.807) is 22.3 Å². The fourth-order valence-electron chi connectivity index (χ4n) is 4.89. The molecule has 4 aliphatic rings. The molecular weight excluding hydrogens is 264 g/mol. The highest BCUT2D eigenvalue weighted by Gasteiger charge is 2.38. The molecule has 22 heavy (non-hydrogen) atoms. The Bertz CT molecular complexity index is 535. The Labute approximate surface area is 136 Å². The monoisotopic (exact) mass is 294 g/mol. The quantitative estimate of drug-likeness (QED) is 0.544. The Morgan fingerprint density at radius 1 is 0.591 bits per heavy atom. The smallest absolute Gasteiger partial charge is 0.00182 e. The molecule has 4 rings (SSSR count). The van der Waals surface area contributed by atoms with Crippen LogP contribution < -0.4 is 0 Å². The molecule has 0 aromatic heterocycles. The highest BCUT2D eigenvalue weighted by Crippen LogP contribution is 2.49. The van der Waals surface area contributed by atoms with Gasteiger partial charge in [0, 0.05) is 11.8 Å². The lowest BCUT2D eigenvalue weighted by atomic mass is 9.70. The minimum absolute atomic E-state index is 0.323. The van der Waals surface area contributed by atoms with Gasteiger partial charge in [0.2, 0.25) is 0 Å². The van der Waals surface area contributed by atoms with Crippen molar-refractivity contribution in [1.82, 2.24) is 0 Å². The van der Waals surface area contributed by atoms with E-state index in [-0.39, 0.29) is 0 Å². The largest absolute Gasteiger partial charge is 0.0736 e. The van der Waals surface area contributed by atoms with Crippen LogP contribution in [0.2, 0.25) is 0 Å². The van der Waals surface area contributed by atoms with Gasteiger partial charge in [0.05, 0.1) is 0 Å². The predicted molar refractivity (Wildman–Crippen MR) is 94.6 cm³/mol. The Morgan fingerprint density at radius 2 is 0.909 bits per heavy atom. The predicted octanol–water partition coefficient (Wildman–Crippen LogP) is 6.52. The molecule has 0 N–H and O–H groups in total. The Morgan fingerprint density at radius 3 is 1.27 bits per heavy atom. The standard InChI is InChI=1S/C22H30/c1-22(2,21-14-18-10-6-7-11-19(18)15-21)20-12-16-8-4-3-5-9-17(16)13-20/h12-15,20-21H,3-11H2,1-2H3. The van der Waals surface area contributed by atoms with Crippen LogP contribution in [0.4, 0.5) is 0 Å². The molecule has 0 heteroatoms. The van der Waals surface area contributed by atoms with Crippen molar-refractivity contribution >= 4 is 0 Å². The lowest BCUT2D eigenvalue weighted by Gasteiger charge is -2.34. The normalized spacial score (nSPS) is 26.6. The zero-order chi connectivity index (χ0) is 15.2. The van der Waals surface area contributed by atoms with Crippen LogP contribution in [0.3, 0.4) is 0 Å². The molecule has 4 aliphatic carbocycles. The first-order valence-electron chi connectivity index (χ1n) is 9.48. The van der Waals surface area contributed by atoms with Crippen LogP contribution in [-0.4, -0.2) is 0 Å². The van der Waals surface area contributed by atoms with Crippen molar-refractivity contribution in [3.8, 4) is 0 Å². The lowest BCUT2D eigenvalue weighted by Crippen LogP contribution is -2.27. The van der Waals surface area contributed by atoms with Gasteiger partial charge < -0.3 is 0 Å².